The maximum absolute atomic E-state index is 12.9. The molecule has 1 aromatic rings. The lowest BCUT2D eigenvalue weighted by Gasteiger charge is -2.36. The fourth-order valence-corrected chi connectivity index (χ4v) is 5.80. The van der Waals surface area contributed by atoms with Gasteiger partial charge in [-0.3, -0.25) is 14.5 Å². The molecule has 1 saturated carbocycles. The van der Waals surface area contributed by atoms with Gasteiger partial charge in [-0.05, 0) is 25.3 Å². The molecule has 2 aliphatic heterocycles. The monoisotopic (exact) mass is 421 g/mol. The Morgan fingerprint density at radius 2 is 1.86 bits per heavy atom. The Balaban J connectivity index is 1.36. The first-order valence-corrected chi connectivity index (χ1v) is 11.6. The Morgan fingerprint density at radius 3 is 2.50 bits per heavy atom. The van der Waals surface area contributed by atoms with E-state index in [1.165, 1.54) is 0 Å². The zero-order valence-corrected chi connectivity index (χ0v) is 17.9. The summed E-state index contributed by atoms with van der Waals surface area (Å²) in [5.74, 6) is 0.864. The minimum Gasteiger partial charge on any atom is -0.340 e. The van der Waals surface area contributed by atoms with E-state index in [0.29, 0.717) is 18.4 Å². The minimum absolute atomic E-state index is 0.00860. The first kappa shape index (κ1) is 20.0. The van der Waals surface area contributed by atoms with Crippen LogP contribution in [0.2, 0.25) is 5.02 Å². The Labute approximate surface area is 176 Å². The van der Waals surface area contributed by atoms with Crippen molar-refractivity contribution < 1.29 is 9.59 Å². The van der Waals surface area contributed by atoms with Gasteiger partial charge in [0.25, 0.3) is 0 Å². The lowest BCUT2D eigenvalue weighted by molar-refractivity contribution is -0.134. The molecule has 2 unspecified atom stereocenters. The molecule has 2 heterocycles. The second-order valence-corrected chi connectivity index (χ2v) is 9.57. The molecule has 28 heavy (non-hydrogen) atoms. The standard InChI is InChI=1S/C21H28ClN3O2S/c1-2-18-20(27)25(21(28-18)16-5-3-4-6-17(16)22)14-11-23-9-12-24(13-10-23)19(26)15-7-8-15/h3-6,15,18,21H,2,7-14H2,1H3. The van der Waals surface area contributed by atoms with E-state index in [4.69, 9.17) is 11.6 Å². The lowest BCUT2D eigenvalue weighted by atomic mass is 10.2. The van der Waals surface area contributed by atoms with Gasteiger partial charge < -0.3 is 9.80 Å². The van der Waals surface area contributed by atoms with Crippen molar-refractivity contribution in [1.29, 1.82) is 0 Å². The average molecular weight is 422 g/mol. The summed E-state index contributed by atoms with van der Waals surface area (Å²) in [4.78, 5) is 31.5. The Hall–Kier alpha value is -1.24. The predicted molar refractivity (Wildman–Crippen MR) is 113 cm³/mol. The molecule has 3 aliphatic rings. The molecule has 0 radical (unpaired) electrons. The van der Waals surface area contributed by atoms with Crippen molar-refractivity contribution in [2.75, 3.05) is 39.3 Å². The number of piperazine rings is 1. The molecule has 3 fully saturated rings. The highest BCUT2D eigenvalue weighted by Crippen LogP contribution is 2.45. The number of thioether (sulfide) groups is 1. The van der Waals surface area contributed by atoms with Crippen molar-refractivity contribution in [3.63, 3.8) is 0 Å². The van der Waals surface area contributed by atoms with Crippen molar-refractivity contribution in [3.8, 4) is 0 Å². The van der Waals surface area contributed by atoms with Crippen LogP contribution in [0.5, 0.6) is 0 Å². The Kier molecular flexibility index (Phi) is 6.18. The number of hydrogen-bond donors (Lipinski definition) is 0. The first-order valence-electron chi connectivity index (χ1n) is 10.3. The van der Waals surface area contributed by atoms with E-state index in [-0.39, 0.29) is 16.5 Å². The molecule has 2 amide bonds. The minimum atomic E-state index is -0.0103. The molecule has 1 aliphatic carbocycles. The molecule has 5 nitrogen and oxygen atoms in total. The molecule has 7 heteroatoms. The van der Waals surface area contributed by atoms with Gasteiger partial charge in [0.15, 0.2) is 0 Å². The van der Waals surface area contributed by atoms with E-state index in [9.17, 15) is 9.59 Å². The predicted octanol–water partition coefficient (Wildman–Crippen LogP) is 3.25. The van der Waals surface area contributed by atoms with Crippen molar-refractivity contribution in [2.24, 2.45) is 5.92 Å². The van der Waals surface area contributed by atoms with Crippen LogP contribution in [-0.2, 0) is 9.59 Å². The summed E-state index contributed by atoms with van der Waals surface area (Å²) in [5, 5.41) is 0.722. The van der Waals surface area contributed by atoms with Crippen LogP contribution in [0.1, 0.15) is 37.1 Å². The zero-order valence-electron chi connectivity index (χ0n) is 16.3. The molecular weight excluding hydrogens is 394 g/mol. The molecule has 2 saturated heterocycles. The van der Waals surface area contributed by atoms with Crippen LogP contribution in [-0.4, -0.2) is 71.0 Å². The number of nitrogens with zero attached hydrogens (tertiary/aromatic N) is 3. The van der Waals surface area contributed by atoms with E-state index in [0.717, 1.165) is 62.6 Å². The fraction of sp³-hybridized carbons (Fsp3) is 0.619. The van der Waals surface area contributed by atoms with Crippen LogP contribution in [0.3, 0.4) is 0 Å². The molecule has 0 aromatic heterocycles. The summed E-state index contributed by atoms with van der Waals surface area (Å²) < 4.78 is 0. The molecule has 152 valence electrons. The largest absolute Gasteiger partial charge is 0.340 e. The van der Waals surface area contributed by atoms with Gasteiger partial charge in [-0.1, -0.05) is 36.7 Å². The van der Waals surface area contributed by atoms with E-state index >= 15 is 0 Å². The van der Waals surface area contributed by atoms with E-state index < -0.39 is 0 Å². The van der Waals surface area contributed by atoms with E-state index in [1.807, 2.05) is 34.1 Å². The summed E-state index contributed by atoms with van der Waals surface area (Å²) in [6.07, 6.45) is 2.97. The highest BCUT2D eigenvalue weighted by atomic mass is 35.5. The van der Waals surface area contributed by atoms with Crippen LogP contribution in [0.25, 0.3) is 0 Å². The fourth-order valence-electron chi connectivity index (χ4n) is 4.03. The summed E-state index contributed by atoms with van der Waals surface area (Å²) in [6, 6.07) is 7.84. The maximum atomic E-state index is 12.9. The third-order valence-corrected chi connectivity index (χ3v) is 7.92. The number of carbonyl (C=O) groups excluding carboxylic acids is 2. The number of rotatable bonds is 6. The number of hydrogen-bond acceptors (Lipinski definition) is 4. The van der Waals surface area contributed by atoms with Crippen molar-refractivity contribution in [3.05, 3.63) is 34.9 Å². The third kappa shape index (κ3) is 4.19. The molecule has 0 spiro atoms. The van der Waals surface area contributed by atoms with Crippen LogP contribution in [0.15, 0.2) is 24.3 Å². The second-order valence-electron chi connectivity index (χ2n) is 7.88. The van der Waals surface area contributed by atoms with Crippen molar-refractivity contribution >= 4 is 35.2 Å². The normalized spacial score (nSPS) is 26.1. The average Bonchev–Trinajstić information content (AvgIpc) is 3.51. The topological polar surface area (TPSA) is 43.9 Å². The first-order chi connectivity index (χ1) is 13.6. The number of halogens is 1. The molecule has 1 aromatic carbocycles. The quantitative estimate of drug-likeness (QED) is 0.707. The van der Waals surface area contributed by atoms with Crippen molar-refractivity contribution in [2.45, 2.75) is 36.8 Å². The smallest absolute Gasteiger partial charge is 0.236 e. The summed E-state index contributed by atoms with van der Waals surface area (Å²) in [6.45, 7) is 7.01. The van der Waals surface area contributed by atoms with Gasteiger partial charge in [0.2, 0.25) is 11.8 Å². The zero-order chi connectivity index (χ0) is 19.7. The summed E-state index contributed by atoms with van der Waals surface area (Å²) in [5.41, 5.74) is 1.03. The van der Waals surface area contributed by atoms with Gasteiger partial charge in [-0.25, -0.2) is 0 Å². The highest BCUT2D eigenvalue weighted by molar-refractivity contribution is 8.01. The highest BCUT2D eigenvalue weighted by Gasteiger charge is 2.41. The lowest BCUT2D eigenvalue weighted by Crippen LogP contribution is -2.51. The molecular formula is C21H28ClN3O2S. The number of amides is 2. The maximum Gasteiger partial charge on any atom is 0.236 e. The Morgan fingerprint density at radius 1 is 1.14 bits per heavy atom. The summed E-state index contributed by atoms with van der Waals surface area (Å²) >= 11 is 8.15. The molecule has 4 rings (SSSR count). The van der Waals surface area contributed by atoms with Gasteiger partial charge in [-0.15, -0.1) is 11.8 Å². The van der Waals surface area contributed by atoms with Crippen LogP contribution in [0, 0.1) is 5.92 Å². The molecule has 0 bridgehead atoms. The number of benzene rings is 1. The van der Waals surface area contributed by atoms with Gasteiger partial charge in [-0.2, -0.15) is 0 Å². The van der Waals surface area contributed by atoms with Gasteiger partial charge in [0.1, 0.15) is 5.37 Å². The molecule has 2 atom stereocenters. The van der Waals surface area contributed by atoms with Crippen LogP contribution >= 0.6 is 23.4 Å². The SMILES string of the molecule is CCC1SC(c2ccccc2Cl)N(CCN2CCN(C(=O)C3CC3)CC2)C1=O. The molecule has 0 N–H and O–H groups in total. The van der Waals surface area contributed by atoms with E-state index in [1.54, 1.807) is 11.8 Å². The third-order valence-electron chi connectivity index (χ3n) is 5.94. The second kappa shape index (κ2) is 8.64. The van der Waals surface area contributed by atoms with Gasteiger partial charge in [0, 0.05) is 55.8 Å². The van der Waals surface area contributed by atoms with Gasteiger partial charge in [0.05, 0.1) is 5.25 Å². The van der Waals surface area contributed by atoms with Crippen LogP contribution < -0.4 is 0 Å². The number of carbonyl (C=O) groups is 2. The van der Waals surface area contributed by atoms with Crippen LogP contribution in [0.4, 0.5) is 0 Å². The van der Waals surface area contributed by atoms with E-state index in [2.05, 4.69) is 11.8 Å². The summed E-state index contributed by atoms with van der Waals surface area (Å²) in [7, 11) is 0. The van der Waals surface area contributed by atoms with Crippen molar-refractivity contribution in [1.82, 2.24) is 14.7 Å². The Bertz CT molecular complexity index is 734. The van der Waals surface area contributed by atoms with Gasteiger partial charge >= 0.3 is 0 Å².